The van der Waals surface area contributed by atoms with Gasteiger partial charge >= 0.3 is 0 Å². The summed E-state index contributed by atoms with van der Waals surface area (Å²) >= 11 is 6.44. The molecule has 1 heterocycles. The molecule has 1 saturated heterocycles. The number of halogens is 1. The average Bonchev–Trinajstić information content (AvgIpc) is 3.01. The second-order valence-electron chi connectivity index (χ2n) is 7.34. The fourth-order valence-electron chi connectivity index (χ4n) is 4.27. The van der Waals surface area contributed by atoms with E-state index < -0.39 is 0 Å². The number of carbonyl (C=O) groups is 1. The van der Waals surface area contributed by atoms with Gasteiger partial charge in [-0.05, 0) is 63.3 Å². The van der Waals surface area contributed by atoms with Crippen molar-refractivity contribution in [1.82, 2.24) is 10.2 Å². The number of ether oxygens (including phenoxy) is 2. The van der Waals surface area contributed by atoms with Crippen molar-refractivity contribution in [3.8, 4) is 11.5 Å². The Kier molecular flexibility index (Phi) is 6.30. The van der Waals surface area contributed by atoms with Gasteiger partial charge in [0.1, 0.15) is 0 Å². The van der Waals surface area contributed by atoms with Crippen LogP contribution in [-0.4, -0.2) is 43.7 Å². The number of hydrogen-bond donors (Lipinski definition) is 1. The number of piperidine rings is 1. The Morgan fingerprint density at radius 1 is 1.19 bits per heavy atom. The topological polar surface area (TPSA) is 50.8 Å². The third kappa shape index (κ3) is 4.26. The number of hydrogen-bond acceptors (Lipinski definition) is 4. The molecule has 3 rings (SSSR count). The molecule has 144 valence electrons. The first-order valence-electron chi connectivity index (χ1n) is 9.56. The van der Waals surface area contributed by atoms with Crippen LogP contribution in [0.3, 0.4) is 0 Å². The highest BCUT2D eigenvalue weighted by atomic mass is 35.5. The van der Waals surface area contributed by atoms with E-state index in [4.69, 9.17) is 21.1 Å². The number of carbonyl (C=O) groups excluding carboxylic acids is 1. The molecule has 0 aromatic heterocycles. The molecular weight excluding hydrogens is 352 g/mol. The minimum atomic E-state index is 0.203. The van der Waals surface area contributed by atoms with Crippen molar-refractivity contribution in [2.24, 2.45) is 11.8 Å². The van der Waals surface area contributed by atoms with E-state index in [2.05, 4.69) is 17.3 Å². The van der Waals surface area contributed by atoms with Gasteiger partial charge in [0.25, 0.3) is 0 Å². The van der Waals surface area contributed by atoms with Gasteiger partial charge in [0.05, 0.1) is 18.2 Å². The normalized spacial score (nSPS) is 25.1. The smallest absolute Gasteiger partial charge is 0.220 e. The van der Waals surface area contributed by atoms with E-state index in [-0.39, 0.29) is 5.91 Å². The van der Waals surface area contributed by atoms with Gasteiger partial charge in [-0.15, -0.1) is 0 Å². The largest absolute Gasteiger partial charge is 0.490 e. The minimum absolute atomic E-state index is 0.203. The first-order chi connectivity index (χ1) is 12.5. The summed E-state index contributed by atoms with van der Waals surface area (Å²) in [5.74, 6) is 2.68. The molecule has 2 fully saturated rings. The molecule has 0 bridgehead atoms. The molecule has 6 heteroatoms. The fraction of sp³-hybridized carbons (Fsp3) is 0.650. The van der Waals surface area contributed by atoms with Crippen LogP contribution in [0.25, 0.3) is 0 Å². The molecule has 0 unspecified atom stereocenters. The van der Waals surface area contributed by atoms with Gasteiger partial charge < -0.3 is 14.8 Å². The highest BCUT2D eigenvalue weighted by Crippen LogP contribution is 2.40. The lowest BCUT2D eigenvalue weighted by atomic mass is 9.89. The number of nitrogens with zero attached hydrogens (tertiary/aromatic N) is 1. The van der Waals surface area contributed by atoms with Gasteiger partial charge in [0.2, 0.25) is 5.91 Å². The summed E-state index contributed by atoms with van der Waals surface area (Å²) in [6.45, 7) is 6.65. The zero-order chi connectivity index (χ0) is 18.7. The molecule has 1 N–H and O–H groups in total. The van der Waals surface area contributed by atoms with Crippen molar-refractivity contribution >= 4 is 17.5 Å². The quantitative estimate of drug-likeness (QED) is 0.786. The molecule has 1 aromatic carbocycles. The Morgan fingerprint density at radius 2 is 1.92 bits per heavy atom. The van der Waals surface area contributed by atoms with E-state index in [0.717, 1.165) is 31.5 Å². The van der Waals surface area contributed by atoms with Crippen LogP contribution in [0.4, 0.5) is 0 Å². The lowest BCUT2D eigenvalue weighted by molar-refractivity contribution is -0.124. The van der Waals surface area contributed by atoms with Crippen molar-refractivity contribution in [2.75, 3.05) is 26.8 Å². The van der Waals surface area contributed by atoms with Crippen LogP contribution in [0.1, 0.15) is 38.7 Å². The van der Waals surface area contributed by atoms with Gasteiger partial charge in [-0.3, -0.25) is 9.69 Å². The summed E-state index contributed by atoms with van der Waals surface area (Å²) in [6.07, 6.45) is 2.92. The van der Waals surface area contributed by atoms with Crippen LogP contribution in [-0.2, 0) is 11.3 Å². The van der Waals surface area contributed by atoms with Crippen LogP contribution in [0.5, 0.6) is 11.5 Å². The lowest BCUT2D eigenvalue weighted by Gasteiger charge is -2.25. The highest BCUT2D eigenvalue weighted by Gasteiger charge is 2.39. The second kappa shape index (κ2) is 8.49. The molecule has 1 aliphatic heterocycles. The van der Waals surface area contributed by atoms with Gasteiger partial charge in [-0.1, -0.05) is 11.6 Å². The molecule has 5 nitrogen and oxygen atoms in total. The third-order valence-corrected chi connectivity index (χ3v) is 5.82. The van der Waals surface area contributed by atoms with Crippen molar-refractivity contribution in [1.29, 1.82) is 0 Å². The van der Waals surface area contributed by atoms with Crippen LogP contribution >= 0.6 is 11.6 Å². The monoisotopic (exact) mass is 380 g/mol. The van der Waals surface area contributed by atoms with E-state index in [9.17, 15) is 4.79 Å². The number of fused-ring (bicyclic) bond motifs is 1. The molecular formula is C20H29ClN2O3. The number of rotatable bonds is 7. The number of benzene rings is 1. The van der Waals surface area contributed by atoms with Gasteiger partial charge in [0, 0.05) is 25.6 Å². The predicted octanol–water partition coefficient (Wildman–Crippen LogP) is 3.48. The predicted molar refractivity (Wildman–Crippen MR) is 103 cm³/mol. The van der Waals surface area contributed by atoms with Crippen molar-refractivity contribution in [3.05, 3.63) is 22.7 Å². The van der Waals surface area contributed by atoms with Gasteiger partial charge in [0.15, 0.2) is 11.5 Å². The van der Waals surface area contributed by atoms with Crippen LogP contribution in [0.15, 0.2) is 12.1 Å². The molecule has 2 aliphatic rings. The van der Waals surface area contributed by atoms with Crippen molar-refractivity contribution in [2.45, 2.75) is 45.7 Å². The summed E-state index contributed by atoms with van der Waals surface area (Å²) in [4.78, 5) is 14.0. The summed E-state index contributed by atoms with van der Waals surface area (Å²) in [5.41, 5.74) is 1.12. The van der Waals surface area contributed by atoms with E-state index in [1.165, 1.54) is 0 Å². The molecule has 0 spiro atoms. The lowest BCUT2D eigenvalue weighted by Crippen LogP contribution is -2.38. The van der Waals surface area contributed by atoms with Crippen molar-refractivity contribution < 1.29 is 14.3 Å². The molecule has 1 aliphatic carbocycles. The number of amides is 1. The molecule has 1 saturated carbocycles. The van der Waals surface area contributed by atoms with E-state index in [1.54, 1.807) is 0 Å². The van der Waals surface area contributed by atoms with E-state index in [1.807, 2.05) is 26.0 Å². The third-order valence-electron chi connectivity index (χ3n) is 5.54. The van der Waals surface area contributed by atoms with Crippen LogP contribution < -0.4 is 14.8 Å². The SMILES string of the molecule is CCOc1cc(CN(C)[C@H]2C[C@H]3CNC(=O)C[C@H]3C2)cc(Cl)c1OCC. The molecule has 0 radical (unpaired) electrons. The zero-order valence-corrected chi connectivity index (χ0v) is 16.6. The highest BCUT2D eigenvalue weighted by molar-refractivity contribution is 6.32. The Bertz CT molecular complexity index is 652. The summed E-state index contributed by atoms with van der Waals surface area (Å²) in [7, 11) is 2.15. The van der Waals surface area contributed by atoms with Crippen LogP contribution in [0, 0.1) is 11.8 Å². The summed E-state index contributed by atoms with van der Waals surface area (Å²) in [6, 6.07) is 4.50. The van der Waals surface area contributed by atoms with Crippen LogP contribution in [0.2, 0.25) is 5.02 Å². The fourth-order valence-corrected chi connectivity index (χ4v) is 4.56. The standard InChI is InChI=1S/C20H29ClN2O3/c1-4-25-18-7-13(6-17(21)20(18)26-5-2)12-23(3)16-8-14-10-19(24)22-11-15(14)9-16/h6-7,14-16H,4-5,8-12H2,1-3H3,(H,22,24)/t14-,15+,16-/m1/s1. The van der Waals surface area contributed by atoms with Gasteiger partial charge in [-0.2, -0.15) is 0 Å². The number of nitrogens with one attached hydrogen (secondary N) is 1. The van der Waals surface area contributed by atoms with Crippen molar-refractivity contribution in [3.63, 3.8) is 0 Å². The maximum Gasteiger partial charge on any atom is 0.220 e. The maximum absolute atomic E-state index is 11.6. The zero-order valence-electron chi connectivity index (χ0n) is 15.9. The molecule has 26 heavy (non-hydrogen) atoms. The Labute approximate surface area is 161 Å². The van der Waals surface area contributed by atoms with Gasteiger partial charge in [-0.25, -0.2) is 0 Å². The summed E-state index contributed by atoms with van der Waals surface area (Å²) in [5, 5.41) is 3.60. The first kappa shape index (κ1) is 19.3. The van der Waals surface area contributed by atoms with E-state index in [0.29, 0.717) is 54.0 Å². The Balaban J connectivity index is 1.69. The Hall–Kier alpha value is -1.46. The van der Waals surface area contributed by atoms with E-state index >= 15 is 0 Å². The first-order valence-corrected chi connectivity index (χ1v) is 9.94. The minimum Gasteiger partial charge on any atom is -0.490 e. The second-order valence-corrected chi connectivity index (χ2v) is 7.75. The Morgan fingerprint density at radius 3 is 2.65 bits per heavy atom. The molecule has 1 aromatic rings. The average molecular weight is 381 g/mol. The molecule has 1 amide bonds. The molecule has 3 atom stereocenters. The maximum atomic E-state index is 11.6. The summed E-state index contributed by atoms with van der Waals surface area (Å²) < 4.78 is 11.4.